The zero-order valence-corrected chi connectivity index (χ0v) is 32.5. The average Bonchev–Trinajstić information content (AvgIpc) is 3.75. The minimum absolute atomic E-state index is 0.0368. The van der Waals surface area contributed by atoms with Crippen molar-refractivity contribution in [3.63, 3.8) is 0 Å². The largest absolute Gasteiger partial charge is 0.394 e. The van der Waals surface area contributed by atoms with E-state index in [1.54, 1.807) is 23.9 Å². The van der Waals surface area contributed by atoms with Crippen molar-refractivity contribution in [2.24, 2.45) is 0 Å². The van der Waals surface area contributed by atoms with E-state index in [4.69, 9.17) is 28.7 Å². The topological polar surface area (TPSA) is 244 Å². The van der Waals surface area contributed by atoms with Gasteiger partial charge in [-0.2, -0.15) is 4.98 Å². The van der Waals surface area contributed by atoms with E-state index in [9.17, 15) is 35.1 Å². The summed E-state index contributed by atoms with van der Waals surface area (Å²) in [6, 6.07) is 3.02. The number of methoxy groups -OCH3 is 2. The molecule has 10 atom stereocenters. The first-order valence-electron chi connectivity index (χ1n) is 19.4. The number of fused-ring (bicyclic) bond motifs is 1. The van der Waals surface area contributed by atoms with Crippen LogP contribution in [0.15, 0.2) is 29.3 Å². The lowest BCUT2D eigenvalue weighted by molar-refractivity contribution is -0.354. The van der Waals surface area contributed by atoms with Crippen LogP contribution in [0.2, 0.25) is 0 Å². The van der Waals surface area contributed by atoms with Crippen LogP contribution >= 0.6 is 0 Å². The summed E-state index contributed by atoms with van der Waals surface area (Å²) in [4.78, 5) is 44.1. The summed E-state index contributed by atoms with van der Waals surface area (Å²) in [5.41, 5.74) is 1.79. The van der Waals surface area contributed by atoms with Gasteiger partial charge in [0.25, 0.3) is 5.56 Å². The van der Waals surface area contributed by atoms with Gasteiger partial charge in [0.2, 0.25) is 5.95 Å². The number of hydrogen-bond donors (Lipinski definition) is 6. The van der Waals surface area contributed by atoms with E-state index in [1.807, 2.05) is 17.0 Å². The molecule has 3 saturated heterocycles. The lowest BCUT2D eigenvalue weighted by Crippen LogP contribution is -2.69. The number of pyridine rings is 2. The maximum absolute atomic E-state index is 13.6. The van der Waals surface area contributed by atoms with Crippen molar-refractivity contribution in [3.05, 3.63) is 46.0 Å². The van der Waals surface area contributed by atoms with Crippen LogP contribution in [0, 0.1) is 6.92 Å². The fraction of sp³-hybridized carbons (Fsp3) is 0.658. The minimum Gasteiger partial charge on any atom is -0.394 e. The van der Waals surface area contributed by atoms with Crippen LogP contribution in [-0.4, -0.2) is 171 Å². The van der Waals surface area contributed by atoms with Gasteiger partial charge in [0.1, 0.15) is 54.2 Å². The highest BCUT2D eigenvalue weighted by Crippen LogP contribution is 2.34. The summed E-state index contributed by atoms with van der Waals surface area (Å²) in [5, 5.41) is 57.0. The molecule has 57 heavy (non-hydrogen) atoms. The molecule has 7 rings (SSSR count). The van der Waals surface area contributed by atoms with Gasteiger partial charge in [-0.05, 0) is 44.4 Å². The normalized spacial score (nSPS) is 31.6. The van der Waals surface area contributed by atoms with Gasteiger partial charge in [-0.15, -0.1) is 0 Å². The van der Waals surface area contributed by atoms with Gasteiger partial charge >= 0.3 is 0 Å². The van der Waals surface area contributed by atoms with Gasteiger partial charge in [-0.25, -0.2) is 9.97 Å². The van der Waals surface area contributed by atoms with E-state index in [-0.39, 0.29) is 28.9 Å². The van der Waals surface area contributed by atoms with E-state index in [0.29, 0.717) is 48.6 Å². The molecule has 6 heterocycles. The number of nitrogens with zero attached hydrogens (tertiary/aromatic N) is 6. The highest BCUT2D eigenvalue weighted by Gasteiger charge is 2.53. The van der Waals surface area contributed by atoms with Crippen molar-refractivity contribution in [1.29, 1.82) is 0 Å². The number of hydrogen-bond acceptors (Lipinski definition) is 18. The van der Waals surface area contributed by atoms with Crippen molar-refractivity contribution in [2.75, 3.05) is 63.8 Å². The van der Waals surface area contributed by atoms with Crippen LogP contribution in [0.25, 0.3) is 11.0 Å². The van der Waals surface area contributed by atoms with Gasteiger partial charge in [0.05, 0.1) is 36.7 Å². The number of ketones is 1. The number of anilines is 3. The number of nitrogens with one attached hydrogen (secondary N) is 1. The van der Waals surface area contributed by atoms with Crippen molar-refractivity contribution in [2.45, 2.75) is 107 Å². The maximum atomic E-state index is 13.6. The maximum Gasteiger partial charge on any atom is 0.263 e. The lowest BCUT2D eigenvalue weighted by Gasteiger charge is -2.51. The summed E-state index contributed by atoms with van der Waals surface area (Å²) in [7, 11) is 2.77. The van der Waals surface area contributed by atoms with Crippen molar-refractivity contribution >= 4 is 34.3 Å². The highest BCUT2D eigenvalue weighted by atomic mass is 16.7. The van der Waals surface area contributed by atoms with Gasteiger partial charge in [0, 0.05) is 58.0 Å². The number of carbonyl (C=O) groups is 1. The number of Topliss-reactive ketones (excluding diaryl/α,β-unsaturated/α-hetero) is 1. The first-order chi connectivity index (χ1) is 27.5. The monoisotopic (exact) mass is 799 g/mol. The molecule has 1 saturated carbocycles. The van der Waals surface area contributed by atoms with Crippen LogP contribution in [0.5, 0.6) is 0 Å². The Kier molecular flexibility index (Phi) is 12.8. The van der Waals surface area contributed by atoms with E-state index < -0.39 is 74.6 Å². The van der Waals surface area contributed by atoms with Crippen LogP contribution < -0.4 is 15.8 Å². The number of rotatable bonds is 12. The average molecular weight is 800 g/mol. The highest BCUT2D eigenvalue weighted by molar-refractivity contribution is 5.99. The van der Waals surface area contributed by atoms with Crippen LogP contribution in [0.4, 0.5) is 17.5 Å². The number of ether oxygens (including phenoxy) is 5. The second-order valence-electron chi connectivity index (χ2n) is 15.1. The van der Waals surface area contributed by atoms with Crippen LogP contribution in [-0.2, 0) is 23.7 Å². The molecule has 3 aromatic heterocycles. The summed E-state index contributed by atoms with van der Waals surface area (Å²) >= 11 is 0. The molecule has 3 aliphatic heterocycles. The first kappa shape index (κ1) is 41.4. The zero-order chi connectivity index (χ0) is 40.5. The third kappa shape index (κ3) is 8.03. The molecular formula is C38H53N7O12. The fourth-order valence-electron chi connectivity index (χ4n) is 8.80. The third-order valence-corrected chi connectivity index (χ3v) is 11.8. The molecule has 0 aromatic carbocycles. The van der Waals surface area contributed by atoms with Crippen LogP contribution in [0.3, 0.4) is 0 Å². The van der Waals surface area contributed by atoms with Gasteiger partial charge < -0.3 is 59.4 Å². The number of aliphatic hydroxyl groups is 5. The van der Waals surface area contributed by atoms with E-state index in [0.717, 1.165) is 31.4 Å². The van der Waals surface area contributed by atoms with E-state index in [1.165, 1.54) is 21.1 Å². The fourth-order valence-corrected chi connectivity index (χ4v) is 8.80. The Morgan fingerprint density at radius 3 is 2.19 bits per heavy atom. The molecule has 6 N–H and O–H groups in total. The standard InChI is InChI=1S/C38H53N7O12/c1-19-23-16-40-38(42-34(23)45(21-7-5-6-8-21)35(52)27(19)20(2)48)41-26-10-9-22(15-39-26)43-11-13-44(14-12-43)28-29(49)37(56-24(17-46)32(28)53-3)57-33-25(18-47)55-36(54-4)31(51)30(33)50/h9-10,15-16,21,24-25,28-33,36-37,46-47,49-51H,5-8,11-14,17-18H2,1-4H3,(H,39,40,41,42). The Morgan fingerprint density at radius 1 is 0.895 bits per heavy atom. The van der Waals surface area contributed by atoms with E-state index in [2.05, 4.69) is 20.2 Å². The first-order valence-corrected chi connectivity index (χ1v) is 19.4. The van der Waals surface area contributed by atoms with Crippen molar-refractivity contribution in [3.8, 4) is 0 Å². The summed E-state index contributed by atoms with van der Waals surface area (Å²) in [6.07, 6.45) is -3.84. The Hall–Kier alpha value is -3.73. The molecule has 19 nitrogen and oxygen atoms in total. The number of carbonyl (C=O) groups excluding carboxylic acids is 1. The SMILES string of the molecule is COC1OC(CO)C(OC2OC(CO)C(OC)C(N3CCN(c4ccc(Nc5ncc6c(C)c(C(C)=O)c(=O)n(C7CCCC7)c6n5)nc4)CC3)C2O)C(O)C1O. The number of aromatic nitrogens is 4. The minimum atomic E-state index is -1.53. The van der Waals surface area contributed by atoms with Crippen LogP contribution in [0.1, 0.15) is 54.6 Å². The van der Waals surface area contributed by atoms with Crippen molar-refractivity contribution < 1.29 is 54.0 Å². The Balaban J connectivity index is 1.03. The summed E-state index contributed by atoms with van der Waals surface area (Å²) in [6.45, 7) is 4.26. The molecule has 4 fully saturated rings. The van der Waals surface area contributed by atoms with Crippen molar-refractivity contribution in [1.82, 2.24) is 24.4 Å². The number of aliphatic hydroxyl groups excluding tert-OH is 5. The molecule has 312 valence electrons. The summed E-state index contributed by atoms with van der Waals surface area (Å²) < 4.78 is 30.0. The van der Waals surface area contributed by atoms with E-state index >= 15 is 0 Å². The number of aryl methyl sites for hydroxylation is 1. The summed E-state index contributed by atoms with van der Waals surface area (Å²) in [5.74, 6) is 0.498. The third-order valence-electron chi connectivity index (χ3n) is 11.8. The van der Waals surface area contributed by atoms with Gasteiger partial charge in [-0.3, -0.25) is 19.1 Å². The number of piperazine rings is 1. The predicted molar refractivity (Wildman–Crippen MR) is 203 cm³/mol. The Bertz CT molecular complexity index is 1920. The molecular weight excluding hydrogens is 746 g/mol. The van der Waals surface area contributed by atoms with Gasteiger partial charge in [0.15, 0.2) is 18.4 Å². The molecule has 4 aliphatic rings. The molecule has 0 radical (unpaired) electrons. The smallest absolute Gasteiger partial charge is 0.263 e. The molecule has 0 bridgehead atoms. The molecule has 0 amide bonds. The molecule has 1 aliphatic carbocycles. The van der Waals surface area contributed by atoms with Gasteiger partial charge in [-0.1, -0.05) is 12.8 Å². The Labute approximate surface area is 329 Å². The second kappa shape index (κ2) is 17.6. The molecule has 10 unspecified atom stereocenters. The quantitative estimate of drug-likeness (QED) is 0.128. The molecule has 19 heteroatoms. The Morgan fingerprint density at radius 2 is 1.58 bits per heavy atom. The predicted octanol–water partition coefficient (Wildman–Crippen LogP) is -0.389. The zero-order valence-electron chi connectivity index (χ0n) is 32.5. The second-order valence-corrected chi connectivity index (χ2v) is 15.1. The lowest BCUT2D eigenvalue weighted by atomic mass is 9.93. The molecule has 3 aromatic rings. The molecule has 0 spiro atoms.